The molecule has 1 heterocycles. The molecule has 0 spiro atoms. The lowest BCUT2D eigenvalue weighted by Crippen LogP contribution is -2.22. The van der Waals surface area contributed by atoms with E-state index >= 15 is 0 Å². The first kappa shape index (κ1) is 11.9. The molecule has 3 nitrogen and oxygen atoms in total. The van der Waals surface area contributed by atoms with Crippen molar-refractivity contribution in [3.8, 4) is 6.07 Å². The molecular weight excluding hydrogens is 210 g/mol. The van der Waals surface area contributed by atoms with Crippen LogP contribution in [0.15, 0.2) is 18.2 Å². The van der Waals surface area contributed by atoms with Gasteiger partial charge >= 0.3 is 0 Å². The molecule has 0 radical (unpaired) electrons. The molecule has 1 unspecified atom stereocenters. The summed E-state index contributed by atoms with van der Waals surface area (Å²) in [6.07, 6.45) is 2.39. The second-order valence-electron chi connectivity index (χ2n) is 4.64. The summed E-state index contributed by atoms with van der Waals surface area (Å²) in [5, 5.41) is 15.5. The number of aryl methyl sites for hydroxylation is 1. The van der Waals surface area contributed by atoms with Crippen molar-refractivity contribution in [2.24, 2.45) is 5.92 Å². The van der Waals surface area contributed by atoms with Crippen LogP contribution < -0.4 is 10.6 Å². The second-order valence-corrected chi connectivity index (χ2v) is 4.64. The topological polar surface area (TPSA) is 47.9 Å². The van der Waals surface area contributed by atoms with Gasteiger partial charge < -0.3 is 10.6 Å². The second kappa shape index (κ2) is 5.70. The SMILES string of the molecule is CC(C#N)CNCc1cccc2c1NCCC2. The van der Waals surface area contributed by atoms with E-state index in [0.717, 1.165) is 19.6 Å². The summed E-state index contributed by atoms with van der Waals surface area (Å²) in [5.41, 5.74) is 4.03. The lowest BCUT2D eigenvalue weighted by molar-refractivity contribution is 0.601. The highest BCUT2D eigenvalue weighted by molar-refractivity contribution is 5.59. The molecule has 2 rings (SSSR count). The van der Waals surface area contributed by atoms with Gasteiger partial charge in [0.25, 0.3) is 0 Å². The Balaban J connectivity index is 1.99. The molecule has 1 atom stereocenters. The number of para-hydroxylation sites is 1. The van der Waals surface area contributed by atoms with E-state index in [1.807, 2.05) is 6.92 Å². The number of hydrogen-bond acceptors (Lipinski definition) is 3. The Morgan fingerprint density at radius 1 is 1.53 bits per heavy atom. The third kappa shape index (κ3) is 2.98. The molecule has 1 aromatic rings. The van der Waals surface area contributed by atoms with Crippen molar-refractivity contribution in [2.75, 3.05) is 18.4 Å². The Morgan fingerprint density at radius 2 is 2.41 bits per heavy atom. The molecule has 0 saturated heterocycles. The van der Waals surface area contributed by atoms with Crippen LogP contribution in [0.3, 0.4) is 0 Å². The molecule has 0 amide bonds. The monoisotopic (exact) mass is 229 g/mol. The summed E-state index contributed by atoms with van der Waals surface area (Å²) in [7, 11) is 0. The molecular formula is C14H19N3. The lowest BCUT2D eigenvalue weighted by atomic mass is 9.99. The van der Waals surface area contributed by atoms with Crippen molar-refractivity contribution in [1.82, 2.24) is 5.32 Å². The van der Waals surface area contributed by atoms with Crippen molar-refractivity contribution >= 4 is 5.69 Å². The average Bonchev–Trinajstić information content (AvgIpc) is 2.39. The largest absolute Gasteiger partial charge is 0.385 e. The Kier molecular flexibility index (Phi) is 4.00. The van der Waals surface area contributed by atoms with E-state index < -0.39 is 0 Å². The van der Waals surface area contributed by atoms with E-state index in [0.29, 0.717) is 0 Å². The van der Waals surface area contributed by atoms with Crippen molar-refractivity contribution in [2.45, 2.75) is 26.3 Å². The maximum Gasteiger partial charge on any atom is 0.0666 e. The van der Waals surface area contributed by atoms with Crippen LogP contribution in [0.1, 0.15) is 24.5 Å². The van der Waals surface area contributed by atoms with E-state index in [-0.39, 0.29) is 5.92 Å². The highest BCUT2D eigenvalue weighted by Crippen LogP contribution is 2.25. The van der Waals surface area contributed by atoms with Gasteiger partial charge in [0.05, 0.1) is 12.0 Å². The van der Waals surface area contributed by atoms with Crippen molar-refractivity contribution in [3.63, 3.8) is 0 Å². The number of nitrogens with zero attached hydrogens (tertiary/aromatic N) is 1. The highest BCUT2D eigenvalue weighted by Gasteiger charge is 2.11. The van der Waals surface area contributed by atoms with Crippen LogP contribution in [0, 0.1) is 17.2 Å². The quantitative estimate of drug-likeness (QED) is 0.832. The first-order chi connectivity index (χ1) is 8.31. The number of anilines is 1. The van der Waals surface area contributed by atoms with E-state index in [1.165, 1.54) is 29.7 Å². The molecule has 0 bridgehead atoms. The maximum absolute atomic E-state index is 8.72. The fourth-order valence-electron chi connectivity index (χ4n) is 2.20. The van der Waals surface area contributed by atoms with Crippen LogP contribution in [0.5, 0.6) is 0 Å². The maximum atomic E-state index is 8.72. The summed E-state index contributed by atoms with van der Waals surface area (Å²) < 4.78 is 0. The lowest BCUT2D eigenvalue weighted by Gasteiger charge is -2.21. The summed E-state index contributed by atoms with van der Waals surface area (Å²) >= 11 is 0. The van der Waals surface area contributed by atoms with Gasteiger partial charge in [-0.2, -0.15) is 5.26 Å². The van der Waals surface area contributed by atoms with Gasteiger partial charge in [0.2, 0.25) is 0 Å². The minimum absolute atomic E-state index is 0.0718. The Labute approximate surface area is 103 Å². The molecule has 90 valence electrons. The van der Waals surface area contributed by atoms with Gasteiger partial charge in [-0.1, -0.05) is 18.2 Å². The smallest absolute Gasteiger partial charge is 0.0666 e. The van der Waals surface area contributed by atoms with Crippen molar-refractivity contribution in [1.29, 1.82) is 5.26 Å². The number of fused-ring (bicyclic) bond motifs is 1. The predicted molar refractivity (Wildman–Crippen MR) is 69.7 cm³/mol. The standard InChI is InChI=1S/C14H19N3/c1-11(8-15)9-16-10-13-5-2-4-12-6-3-7-17-14(12)13/h2,4-5,11,16-17H,3,6-7,9-10H2,1H3. The Bertz CT molecular complexity index is 420. The minimum atomic E-state index is 0.0718. The zero-order valence-electron chi connectivity index (χ0n) is 10.3. The molecule has 0 aromatic heterocycles. The summed E-state index contributed by atoms with van der Waals surface area (Å²) in [5.74, 6) is 0.0718. The van der Waals surface area contributed by atoms with Gasteiger partial charge in [0, 0.05) is 25.3 Å². The number of nitriles is 1. The van der Waals surface area contributed by atoms with Crippen LogP contribution in [0.2, 0.25) is 0 Å². The molecule has 0 aliphatic carbocycles. The van der Waals surface area contributed by atoms with Crippen LogP contribution in [-0.2, 0) is 13.0 Å². The Morgan fingerprint density at radius 3 is 3.24 bits per heavy atom. The molecule has 1 aliphatic rings. The molecule has 0 saturated carbocycles. The zero-order chi connectivity index (χ0) is 12.1. The average molecular weight is 229 g/mol. The fourth-order valence-corrected chi connectivity index (χ4v) is 2.20. The molecule has 1 aromatic carbocycles. The van der Waals surface area contributed by atoms with Crippen molar-refractivity contribution in [3.05, 3.63) is 29.3 Å². The van der Waals surface area contributed by atoms with Crippen LogP contribution >= 0.6 is 0 Å². The van der Waals surface area contributed by atoms with E-state index in [4.69, 9.17) is 5.26 Å². The molecule has 2 N–H and O–H groups in total. The summed E-state index contributed by atoms with van der Waals surface area (Å²) in [6.45, 7) is 4.59. The normalized spacial score (nSPS) is 15.5. The minimum Gasteiger partial charge on any atom is -0.385 e. The van der Waals surface area contributed by atoms with Gasteiger partial charge in [0.1, 0.15) is 0 Å². The molecule has 3 heteroatoms. The summed E-state index contributed by atoms with van der Waals surface area (Å²) in [6, 6.07) is 8.71. The van der Waals surface area contributed by atoms with E-state index in [2.05, 4.69) is 34.9 Å². The predicted octanol–water partition coefficient (Wildman–Crippen LogP) is 2.29. The van der Waals surface area contributed by atoms with Gasteiger partial charge in [-0.05, 0) is 30.9 Å². The fraction of sp³-hybridized carbons (Fsp3) is 0.500. The molecule has 1 aliphatic heterocycles. The van der Waals surface area contributed by atoms with Gasteiger partial charge in [-0.25, -0.2) is 0 Å². The van der Waals surface area contributed by atoms with Gasteiger partial charge in [-0.15, -0.1) is 0 Å². The number of rotatable bonds is 4. The summed E-state index contributed by atoms with van der Waals surface area (Å²) in [4.78, 5) is 0. The third-order valence-corrected chi connectivity index (χ3v) is 3.15. The molecule has 17 heavy (non-hydrogen) atoms. The number of hydrogen-bond donors (Lipinski definition) is 2. The molecule has 0 fully saturated rings. The number of nitrogens with one attached hydrogen (secondary N) is 2. The van der Waals surface area contributed by atoms with Crippen LogP contribution in [0.25, 0.3) is 0 Å². The van der Waals surface area contributed by atoms with Crippen LogP contribution in [0.4, 0.5) is 5.69 Å². The highest BCUT2D eigenvalue weighted by atomic mass is 14.9. The van der Waals surface area contributed by atoms with E-state index in [1.54, 1.807) is 0 Å². The zero-order valence-corrected chi connectivity index (χ0v) is 10.3. The third-order valence-electron chi connectivity index (χ3n) is 3.15. The van der Waals surface area contributed by atoms with Gasteiger partial charge in [-0.3, -0.25) is 0 Å². The van der Waals surface area contributed by atoms with Crippen LogP contribution in [-0.4, -0.2) is 13.1 Å². The number of benzene rings is 1. The first-order valence-corrected chi connectivity index (χ1v) is 6.26. The van der Waals surface area contributed by atoms with Crippen molar-refractivity contribution < 1.29 is 0 Å². The first-order valence-electron chi connectivity index (χ1n) is 6.26. The van der Waals surface area contributed by atoms with Gasteiger partial charge in [0.15, 0.2) is 0 Å². The van der Waals surface area contributed by atoms with E-state index in [9.17, 15) is 0 Å². The Hall–Kier alpha value is -1.53.